The van der Waals surface area contributed by atoms with Crippen LogP contribution < -0.4 is 4.72 Å². The Morgan fingerprint density at radius 1 is 1.47 bits per heavy atom. The SMILES string of the molecule is CC(CCS(C)=O)NS(=O)(=O)c1ccc(Br)cc1Cl. The summed E-state index contributed by atoms with van der Waals surface area (Å²) in [7, 11) is -4.59. The number of nitrogens with one attached hydrogen (secondary N) is 1. The first-order valence-corrected chi connectivity index (χ1v) is 9.88. The predicted molar refractivity (Wildman–Crippen MR) is 82.5 cm³/mol. The lowest BCUT2D eigenvalue weighted by Crippen LogP contribution is -2.33. The van der Waals surface area contributed by atoms with Crippen molar-refractivity contribution >= 4 is 48.4 Å². The van der Waals surface area contributed by atoms with E-state index in [1.54, 1.807) is 19.2 Å². The summed E-state index contributed by atoms with van der Waals surface area (Å²) < 4.78 is 38.5. The molecule has 0 saturated heterocycles. The molecule has 0 heterocycles. The molecule has 0 aliphatic heterocycles. The van der Waals surface area contributed by atoms with Gasteiger partial charge in [-0.05, 0) is 31.5 Å². The molecule has 2 unspecified atom stereocenters. The molecule has 0 radical (unpaired) electrons. The summed E-state index contributed by atoms with van der Waals surface area (Å²) >= 11 is 9.15. The average molecular weight is 389 g/mol. The Balaban J connectivity index is 2.83. The maximum absolute atomic E-state index is 12.1. The van der Waals surface area contributed by atoms with Gasteiger partial charge in [0.15, 0.2) is 0 Å². The van der Waals surface area contributed by atoms with Gasteiger partial charge in [0.05, 0.1) is 5.02 Å². The van der Waals surface area contributed by atoms with E-state index in [4.69, 9.17) is 11.6 Å². The Morgan fingerprint density at radius 2 is 2.11 bits per heavy atom. The van der Waals surface area contributed by atoms with Gasteiger partial charge in [-0.15, -0.1) is 0 Å². The summed E-state index contributed by atoms with van der Waals surface area (Å²) in [5.41, 5.74) is 0. The van der Waals surface area contributed by atoms with Crippen molar-refractivity contribution in [1.82, 2.24) is 4.72 Å². The van der Waals surface area contributed by atoms with Crippen molar-refractivity contribution in [3.8, 4) is 0 Å². The standard InChI is InChI=1S/C11H15BrClNO3S2/c1-8(5-6-18(2)15)14-19(16,17)11-4-3-9(12)7-10(11)13/h3-4,7-8,14H,5-6H2,1-2H3. The molecule has 1 aromatic carbocycles. The highest BCUT2D eigenvalue weighted by Gasteiger charge is 2.20. The molecule has 4 nitrogen and oxygen atoms in total. The Hall–Kier alpha value is 0.0500. The quantitative estimate of drug-likeness (QED) is 0.814. The van der Waals surface area contributed by atoms with Crippen LogP contribution in [0.2, 0.25) is 5.02 Å². The highest BCUT2D eigenvalue weighted by Crippen LogP contribution is 2.25. The van der Waals surface area contributed by atoms with Crippen LogP contribution in [0.5, 0.6) is 0 Å². The van der Waals surface area contributed by atoms with Crippen molar-refractivity contribution < 1.29 is 12.6 Å². The first-order chi connectivity index (χ1) is 8.72. The summed E-state index contributed by atoms with van der Waals surface area (Å²) in [5.74, 6) is 0.456. The van der Waals surface area contributed by atoms with Crippen molar-refractivity contribution in [2.24, 2.45) is 0 Å². The Morgan fingerprint density at radius 3 is 2.63 bits per heavy atom. The zero-order chi connectivity index (χ0) is 14.6. The fourth-order valence-electron chi connectivity index (χ4n) is 1.42. The highest BCUT2D eigenvalue weighted by molar-refractivity contribution is 9.10. The maximum atomic E-state index is 12.1. The van der Waals surface area contributed by atoms with E-state index in [1.807, 2.05) is 0 Å². The average Bonchev–Trinajstić information content (AvgIpc) is 2.25. The molecule has 0 saturated carbocycles. The third-order valence-corrected chi connectivity index (χ3v) is 5.75. The van der Waals surface area contributed by atoms with Gasteiger partial charge in [0, 0.05) is 33.3 Å². The monoisotopic (exact) mass is 387 g/mol. The van der Waals surface area contributed by atoms with Crippen LogP contribution in [0, 0.1) is 0 Å². The minimum atomic E-state index is -3.66. The van der Waals surface area contributed by atoms with Crippen LogP contribution >= 0.6 is 27.5 Å². The third kappa shape index (κ3) is 5.51. The number of benzene rings is 1. The minimum absolute atomic E-state index is 0.0434. The van der Waals surface area contributed by atoms with Gasteiger partial charge < -0.3 is 0 Å². The highest BCUT2D eigenvalue weighted by atomic mass is 79.9. The van der Waals surface area contributed by atoms with E-state index in [-0.39, 0.29) is 16.0 Å². The second-order valence-electron chi connectivity index (χ2n) is 4.16. The molecular formula is C11H15BrClNO3S2. The van der Waals surface area contributed by atoms with Crippen LogP contribution in [-0.4, -0.2) is 30.7 Å². The first kappa shape index (κ1) is 17.1. The first-order valence-electron chi connectivity index (χ1n) is 5.50. The van der Waals surface area contributed by atoms with E-state index in [9.17, 15) is 12.6 Å². The number of hydrogen-bond donors (Lipinski definition) is 1. The molecule has 0 bridgehead atoms. The van der Waals surface area contributed by atoms with Crippen LogP contribution in [0.25, 0.3) is 0 Å². The molecular weight excluding hydrogens is 374 g/mol. The molecule has 0 fully saturated rings. The molecule has 0 aliphatic rings. The smallest absolute Gasteiger partial charge is 0.242 e. The summed E-state index contributed by atoms with van der Waals surface area (Å²) in [4.78, 5) is 0.0434. The van der Waals surface area contributed by atoms with Crippen molar-refractivity contribution in [3.05, 3.63) is 27.7 Å². The molecule has 2 atom stereocenters. The molecule has 0 aliphatic carbocycles. The largest absolute Gasteiger partial charge is 0.260 e. The van der Waals surface area contributed by atoms with Gasteiger partial charge in [-0.2, -0.15) is 0 Å². The normalized spacial score (nSPS) is 15.2. The van der Waals surface area contributed by atoms with Crippen molar-refractivity contribution in [1.29, 1.82) is 0 Å². The summed E-state index contributed by atoms with van der Waals surface area (Å²) in [5, 5.41) is 0.160. The molecule has 8 heteroatoms. The summed E-state index contributed by atoms with van der Waals surface area (Å²) in [6.45, 7) is 1.73. The fourth-order valence-corrected chi connectivity index (χ4v) is 4.42. The zero-order valence-corrected chi connectivity index (χ0v) is 14.5. The van der Waals surface area contributed by atoms with Gasteiger partial charge in [0.25, 0.3) is 0 Å². The number of sulfonamides is 1. The maximum Gasteiger partial charge on any atom is 0.242 e. The number of halogens is 2. The van der Waals surface area contributed by atoms with Gasteiger partial charge >= 0.3 is 0 Å². The summed E-state index contributed by atoms with van der Waals surface area (Å²) in [6, 6.07) is 4.29. The van der Waals surface area contributed by atoms with Crippen LogP contribution in [0.3, 0.4) is 0 Å². The lowest BCUT2D eigenvalue weighted by atomic mass is 10.3. The van der Waals surface area contributed by atoms with Crippen molar-refractivity contribution in [2.45, 2.75) is 24.3 Å². The summed E-state index contributed by atoms with van der Waals surface area (Å²) in [6.07, 6.45) is 2.10. The molecule has 1 rings (SSSR count). The number of rotatable bonds is 6. The minimum Gasteiger partial charge on any atom is -0.260 e. The van der Waals surface area contributed by atoms with Gasteiger partial charge in [-0.25, -0.2) is 13.1 Å². The van der Waals surface area contributed by atoms with E-state index < -0.39 is 20.8 Å². The Kier molecular flexibility index (Phi) is 6.46. The van der Waals surface area contributed by atoms with Crippen molar-refractivity contribution in [3.63, 3.8) is 0 Å². The molecule has 19 heavy (non-hydrogen) atoms. The second-order valence-corrected chi connectivity index (χ2v) is 8.72. The van der Waals surface area contributed by atoms with E-state index in [2.05, 4.69) is 20.7 Å². The van der Waals surface area contributed by atoms with Gasteiger partial charge in [0.1, 0.15) is 4.90 Å². The second kappa shape index (κ2) is 7.17. The third-order valence-electron chi connectivity index (χ3n) is 2.38. The van der Waals surface area contributed by atoms with Gasteiger partial charge in [-0.3, -0.25) is 4.21 Å². The zero-order valence-electron chi connectivity index (χ0n) is 10.5. The molecule has 1 aromatic rings. The molecule has 0 spiro atoms. The van der Waals surface area contributed by atoms with Crippen LogP contribution in [0.1, 0.15) is 13.3 Å². The van der Waals surface area contributed by atoms with Crippen LogP contribution in [0.4, 0.5) is 0 Å². The van der Waals surface area contributed by atoms with Crippen molar-refractivity contribution in [2.75, 3.05) is 12.0 Å². The van der Waals surface area contributed by atoms with Gasteiger partial charge in [0.2, 0.25) is 10.0 Å². The van der Waals surface area contributed by atoms with Crippen LogP contribution in [-0.2, 0) is 20.8 Å². The molecule has 108 valence electrons. The van der Waals surface area contributed by atoms with Gasteiger partial charge in [-0.1, -0.05) is 27.5 Å². The number of hydrogen-bond acceptors (Lipinski definition) is 3. The van der Waals surface area contributed by atoms with E-state index in [0.29, 0.717) is 16.6 Å². The lowest BCUT2D eigenvalue weighted by Gasteiger charge is -2.14. The van der Waals surface area contributed by atoms with E-state index in [0.717, 1.165) is 0 Å². The van der Waals surface area contributed by atoms with E-state index >= 15 is 0 Å². The van der Waals surface area contributed by atoms with E-state index in [1.165, 1.54) is 12.1 Å². The van der Waals surface area contributed by atoms with Crippen LogP contribution in [0.15, 0.2) is 27.6 Å². The molecule has 1 N–H and O–H groups in total. The molecule has 0 aromatic heterocycles. The molecule has 0 amide bonds. The Bertz CT molecular complexity index is 577. The Labute approximate surface area is 129 Å². The topological polar surface area (TPSA) is 63.2 Å². The predicted octanol–water partition coefficient (Wildman–Crippen LogP) is 2.54. The lowest BCUT2D eigenvalue weighted by molar-refractivity contribution is 0.556. The fraction of sp³-hybridized carbons (Fsp3) is 0.455.